The first-order valence-corrected chi connectivity index (χ1v) is 5.08. The molecule has 0 fully saturated rings. The van der Waals surface area contributed by atoms with Gasteiger partial charge >= 0.3 is 5.97 Å². The molecule has 2 aromatic rings. The molecule has 0 unspecified atom stereocenters. The van der Waals surface area contributed by atoms with E-state index in [9.17, 15) is 4.79 Å². The largest absolute Gasteiger partial charge is 0.478 e. The van der Waals surface area contributed by atoms with Crippen molar-refractivity contribution >= 4 is 22.9 Å². The summed E-state index contributed by atoms with van der Waals surface area (Å²) in [7, 11) is 0. The lowest BCUT2D eigenvalue weighted by molar-refractivity contribution is -0.131. The molecule has 0 aliphatic rings. The number of H-pyrrole nitrogens is 1. The van der Waals surface area contributed by atoms with Gasteiger partial charge in [-0.05, 0) is 37.1 Å². The molecule has 0 radical (unpaired) electrons. The van der Waals surface area contributed by atoms with Gasteiger partial charge in [0.15, 0.2) is 0 Å². The molecule has 3 nitrogen and oxygen atoms in total. The summed E-state index contributed by atoms with van der Waals surface area (Å²) in [5.74, 6) is -0.936. The van der Waals surface area contributed by atoms with Crippen molar-refractivity contribution in [1.82, 2.24) is 4.98 Å². The van der Waals surface area contributed by atoms with Crippen LogP contribution < -0.4 is 0 Å². The molecule has 0 saturated heterocycles. The Bertz CT molecular complexity index is 579. The van der Waals surface area contributed by atoms with E-state index in [4.69, 9.17) is 5.11 Å². The van der Waals surface area contributed by atoms with Crippen molar-refractivity contribution in [2.45, 2.75) is 13.8 Å². The van der Waals surface area contributed by atoms with Gasteiger partial charge in [0.25, 0.3) is 0 Å². The van der Waals surface area contributed by atoms with E-state index in [1.807, 2.05) is 19.9 Å². The summed E-state index contributed by atoms with van der Waals surface area (Å²) in [6.07, 6.45) is 2.73. The maximum atomic E-state index is 10.5. The number of carboxylic acid groups (broad SMARTS) is 1. The van der Waals surface area contributed by atoms with Crippen LogP contribution >= 0.6 is 0 Å². The summed E-state index contributed by atoms with van der Waals surface area (Å²) < 4.78 is 0. The van der Waals surface area contributed by atoms with Crippen LogP contribution in [0.2, 0.25) is 0 Å². The van der Waals surface area contributed by atoms with E-state index in [-0.39, 0.29) is 0 Å². The van der Waals surface area contributed by atoms with E-state index in [2.05, 4.69) is 17.1 Å². The summed E-state index contributed by atoms with van der Waals surface area (Å²) in [5, 5.41) is 9.72. The van der Waals surface area contributed by atoms with E-state index in [0.29, 0.717) is 0 Å². The number of aromatic nitrogens is 1. The number of benzene rings is 1. The van der Waals surface area contributed by atoms with Gasteiger partial charge in [-0.3, -0.25) is 0 Å². The fourth-order valence-corrected chi connectivity index (χ4v) is 1.79. The average molecular weight is 215 g/mol. The molecule has 0 atom stereocenters. The topological polar surface area (TPSA) is 53.1 Å². The van der Waals surface area contributed by atoms with Crippen LogP contribution in [-0.4, -0.2) is 16.1 Å². The molecule has 0 amide bonds. The van der Waals surface area contributed by atoms with Crippen LogP contribution in [0.3, 0.4) is 0 Å². The van der Waals surface area contributed by atoms with Crippen LogP contribution in [0.5, 0.6) is 0 Å². The first-order valence-electron chi connectivity index (χ1n) is 5.08. The van der Waals surface area contributed by atoms with Crippen LogP contribution in [0, 0.1) is 13.8 Å². The molecule has 1 heterocycles. The number of rotatable bonds is 2. The zero-order valence-electron chi connectivity index (χ0n) is 9.24. The van der Waals surface area contributed by atoms with Crippen molar-refractivity contribution < 1.29 is 9.90 Å². The van der Waals surface area contributed by atoms with Gasteiger partial charge in [0.2, 0.25) is 0 Å². The molecule has 16 heavy (non-hydrogen) atoms. The molecular formula is C13H13NO2. The summed E-state index contributed by atoms with van der Waals surface area (Å²) in [6, 6.07) is 6.16. The van der Waals surface area contributed by atoms with E-state index in [1.54, 1.807) is 6.08 Å². The highest BCUT2D eigenvalue weighted by Gasteiger charge is 2.05. The Labute approximate surface area is 93.4 Å². The van der Waals surface area contributed by atoms with Crippen molar-refractivity contribution in [2.75, 3.05) is 0 Å². The minimum absolute atomic E-state index is 0.850. The van der Waals surface area contributed by atoms with Gasteiger partial charge in [0.05, 0.1) is 0 Å². The first-order chi connectivity index (χ1) is 7.58. The van der Waals surface area contributed by atoms with Gasteiger partial charge in [0, 0.05) is 22.7 Å². The van der Waals surface area contributed by atoms with Gasteiger partial charge in [-0.15, -0.1) is 0 Å². The van der Waals surface area contributed by atoms with Gasteiger partial charge in [-0.25, -0.2) is 4.79 Å². The number of hydrogen-bond acceptors (Lipinski definition) is 1. The molecule has 1 aromatic carbocycles. The fraction of sp³-hybridized carbons (Fsp3) is 0.154. The third-order valence-corrected chi connectivity index (χ3v) is 2.64. The molecular weight excluding hydrogens is 202 g/mol. The Kier molecular flexibility index (Phi) is 2.52. The van der Waals surface area contributed by atoms with Crippen molar-refractivity contribution in [2.24, 2.45) is 0 Å². The van der Waals surface area contributed by atoms with Gasteiger partial charge < -0.3 is 10.1 Å². The summed E-state index contributed by atoms with van der Waals surface area (Å²) in [4.78, 5) is 13.7. The number of aryl methyl sites for hydroxylation is 2. The second-order valence-corrected chi connectivity index (χ2v) is 3.88. The highest BCUT2D eigenvalue weighted by atomic mass is 16.4. The minimum atomic E-state index is -0.936. The number of fused-ring (bicyclic) bond motifs is 1. The monoisotopic (exact) mass is 215 g/mol. The smallest absolute Gasteiger partial charge is 0.328 e. The number of aliphatic carboxylic acids is 1. The van der Waals surface area contributed by atoms with Crippen molar-refractivity contribution in [1.29, 1.82) is 0 Å². The fourth-order valence-electron chi connectivity index (χ4n) is 1.79. The number of aromatic amines is 1. The van der Waals surface area contributed by atoms with E-state index in [0.717, 1.165) is 28.2 Å². The molecule has 82 valence electrons. The van der Waals surface area contributed by atoms with E-state index < -0.39 is 5.97 Å². The van der Waals surface area contributed by atoms with Crippen LogP contribution in [0.25, 0.3) is 17.0 Å². The van der Waals surface area contributed by atoms with Crippen LogP contribution in [0.4, 0.5) is 0 Å². The lowest BCUT2D eigenvalue weighted by Crippen LogP contribution is -1.86. The SMILES string of the molecule is Cc1ccc2c(C)c(/C=C/C(=O)O)[nH]c2c1. The summed E-state index contributed by atoms with van der Waals surface area (Å²) in [6.45, 7) is 4.01. The average Bonchev–Trinajstić information content (AvgIpc) is 2.52. The minimum Gasteiger partial charge on any atom is -0.478 e. The third kappa shape index (κ3) is 1.84. The number of carboxylic acids is 1. The number of hydrogen-bond donors (Lipinski definition) is 2. The molecule has 2 rings (SSSR count). The van der Waals surface area contributed by atoms with Crippen molar-refractivity contribution in [3.8, 4) is 0 Å². The lowest BCUT2D eigenvalue weighted by Gasteiger charge is -1.92. The second-order valence-electron chi connectivity index (χ2n) is 3.88. The van der Waals surface area contributed by atoms with E-state index in [1.165, 1.54) is 5.56 Å². The van der Waals surface area contributed by atoms with Gasteiger partial charge in [0.1, 0.15) is 0 Å². The number of carbonyl (C=O) groups is 1. The second kappa shape index (κ2) is 3.85. The van der Waals surface area contributed by atoms with Crippen LogP contribution in [0.15, 0.2) is 24.3 Å². The Balaban J connectivity index is 2.55. The lowest BCUT2D eigenvalue weighted by atomic mass is 10.1. The van der Waals surface area contributed by atoms with Crippen molar-refractivity contribution in [3.05, 3.63) is 41.1 Å². The molecule has 0 saturated carbocycles. The molecule has 3 heteroatoms. The molecule has 0 aliphatic carbocycles. The normalized spacial score (nSPS) is 11.4. The molecule has 1 aromatic heterocycles. The van der Waals surface area contributed by atoms with Crippen molar-refractivity contribution in [3.63, 3.8) is 0 Å². The Morgan fingerprint density at radius 1 is 1.38 bits per heavy atom. The zero-order valence-corrected chi connectivity index (χ0v) is 9.24. The zero-order chi connectivity index (χ0) is 11.7. The Hall–Kier alpha value is -2.03. The Morgan fingerprint density at radius 3 is 2.81 bits per heavy atom. The maximum absolute atomic E-state index is 10.5. The standard InChI is InChI=1S/C13H13NO2/c1-8-3-4-10-9(2)11(5-6-13(15)16)14-12(10)7-8/h3-7,14H,1-2H3,(H,15,16)/b6-5+. The van der Waals surface area contributed by atoms with Crippen LogP contribution in [0.1, 0.15) is 16.8 Å². The third-order valence-electron chi connectivity index (χ3n) is 2.64. The molecule has 0 bridgehead atoms. The van der Waals surface area contributed by atoms with Crippen LogP contribution in [-0.2, 0) is 4.79 Å². The Morgan fingerprint density at radius 2 is 2.12 bits per heavy atom. The summed E-state index contributed by atoms with van der Waals surface area (Å²) in [5.41, 5.74) is 4.15. The highest BCUT2D eigenvalue weighted by molar-refractivity contribution is 5.90. The quantitative estimate of drug-likeness (QED) is 0.757. The highest BCUT2D eigenvalue weighted by Crippen LogP contribution is 2.23. The predicted molar refractivity (Wildman–Crippen MR) is 64.4 cm³/mol. The predicted octanol–water partition coefficient (Wildman–Crippen LogP) is 2.88. The van der Waals surface area contributed by atoms with Gasteiger partial charge in [-0.1, -0.05) is 12.1 Å². The first kappa shape index (κ1) is 10.5. The summed E-state index contributed by atoms with van der Waals surface area (Å²) >= 11 is 0. The molecule has 0 spiro atoms. The number of nitrogens with one attached hydrogen (secondary N) is 1. The maximum Gasteiger partial charge on any atom is 0.328 e. The van der Waals surface area contributed by atoms with Gasteiger partial charge in [-0.2, -0.15) is 0 Å². The molecule has 0 aliphatic heterocycles. The molecule has 2 N–H and O–H groups in total. The van der Waals surface area contributed by atoms with E-state index >= 15 is 0 Å².